The number of amides is 1. The Hall–Kier alpha value is -4.78. The highest BCUT2D eigenvalue weighted by atomic mass is 19.1. The lowest BCUT2D eigenvalue weighted by molar-refractivity contribution is -0.251. The van der Waals surface area contributed by atoms with Gasteiger partial charge < -0.3 is 29.4 Å². The van der Waals surface area contributed by atoms with Crippen molar-refractivity contribution in [2.75, 3.05) is 6.61 Å². The van der Waals surface area contributed by atoms with Crippen molar-refractivity contribution in [3.8, 4) is 0 Å². The maximum atomic E-state index is 14.1. The van der Waals surface area contributed by atoms with Crippen LogP contribution in [0.25, 0.3) is 0 Å². The molecule has 11 heteroatoms. The SMILES string of the molecule is CC(=O)N[C@@H]1C(n2cc([C@@](C)(O)c3cccc(F)c3)nn2)O[C@H](COCc2ccccc2)[C@H](OCc2ccccc2)[C@@H]1OCc1ccccc1. The first kappa shape index (κ1) is 35.1. The third kappa shape index (κ3) is 8.68. The van der Waals surface area contributed by atoms with Gasteiger partial charge in [-0.25, -0.2) is 9.07 Å². The quantitative estimate of drug-likeness (QED) is 0.159. The van der Waals surface area contributed by atoms with Crippen molar-refractivity contribution in [1.82, 2.24) is 20.3 Å². The van der Waals surface area contributed by atoms with E-state index in [1.807, 2.05) is 91.0 Å². The predicted octanol–water partition coefficient (Wildman–Crippen LogP) is 5.46. The summed E-state index contributed by atoms with van der Waals surface area (Å²) in [6.45, 7) is 3.89. The van der Waals surface area contributed by atoms with E-state index in [9.17, 15) is 14.3 Å². The molecule has 1 aliphatic heterocycles. The first-order valence-electron chi connectivity index (χ1n) is 16.5. The van der Waals surface area contributed by atoms with E-state index in [0.29, 0.717) is 12.2 Å². The van der Waals surface area contributed by atoms with Crippen molar-refractivity contribution in [3.05, 3.63) is 155 Å². The molecule has 260 valence electrons. The van der Waals surface area contributed by atoms with Crippen molar-refractivity contribution < 1.29 is 33.2 Å². The molecule has 2 heterocycles. The summed E-state index contributed by atoms with van der Waals surface area (Å²) in [6.07, 6.45) is -1.55. The molecule has 0 spiro atoms. The average molecular weight is 681 g/mol. The summed E-state index contributed by atoms with van der Waals surface area (Å²) < 4.78 is 41.8. The summed E-state index contributed by atoms with van der Waals surface area (Å²) in [5, 5.41) is 23.1. The number of benzene rings is 4. The Kier molecular flexibility index (Phi) is 11.4. The zero-order valence-corrected chi connectivity index (χ0v) is 28.0. The predicted molar refractivity (Wildman–Crippen MR) is 183 cm³/mol. The number of ether oxygens (including phenoxy) is 4. The van der Waals surface area contributed by atoms with E-state index in [-0.39, 0.29) is 31.4 Å². The van der Waals surface area contributed by atoms with Crippen LogP contribution in [-0.2, 0) is 49.2 Å². The highest BCUT2D eigenvalue weighted by molar-refractivity contribution is 5.73. The number of hydrogen-bond donors (Lipinski definition) is 2. The number of aromatic nitrogens is 3. The average Bonchev–Trinajstić information content (AvgIpc) is 3.63. The summed E-state index contributed by atoms with van der Waals surface area (Å²) in [5.74, 6) is -0.806. The van der Waals surface area contributed by atoms with Gasteiger partial charge in [0.15, 0.2) is 6.23 Å². The molecule has 5 aromatic rings. The van der Waals surface area contributed by atoms with Gasteiger partial charge in [-0.05, 0) is 41.3 Å². The zero-order valence-electron chi connectivity index (χ0n) is 28.0. The third-order valence-corrected chi connectivity index (χ3v) is 8.66. The molecule has 0 bridgehead atoms. The second kappa shape index (κ2) is 16.3. The van der Waals surface area contributed by atoms with Crippen molar-refractivity contribution in [1.29, 1.82) is 0 Å². The molecule has 2 N–H and O–H groups in total. The lowest BCUT2D eigenvalue weighted by Gasteiger charge is -2.46. The van der Waals surface area contributed by atoms with Gasteiger partial charge in [0, 0.05) is 6.92 Å². The van der Waals surface area contributed by atoms with Gasteiger partial charge in [-0.2, -0.15) is 0 Å². The fourth-order valence-electron chi connectivity index (χ4n) is 6.03. The van der Waals surface area contributed by atoms with E-state index in [4.69, 9.17) is 18.9 Å². The minimum atomic E-state index is -1.68. The Labute approximate surface area is 290 Å². The molecule has 50 heavy (non-hydrogen) atoms. The van der Waals surface area contributed by atoms with Crippen LogP contribution in [0.2, 0.25) is 0 Å². The van der Waals surface area contributed by atoms with Crippen molar-refractivity contribution >= 4 is 5.91 Å². The summed E-state index contributed by atoms with van der Waals surface area (Å²) >= 11 is 0. The van der Waals surface area contributed by atoms with Crippen LogP contribution in [0, 0.1) is 5.82 Å². The molecule has 0 radical (unpaired) electrons. The molecule has 10 nitrogen and oxygen atoms in total. The first-order valence-corrected chi connectivity index (χ1v) is 16.5. The van der Waals surface area contributed by atoms with Crippen molar-refractivity contribution in [2.24, 2.45) is 0 Å². The van der Waals surface area contributed by atoms with Crippen LogP contribution in [0.4, 0.5) is 4.39 Å². The molecule has 1 saturated heterocycles. The van der Waals surface area contributed by atoms with Crippen molar-refractivity contribution in [2.45, 2.75) is 69.9 Å². The lowest BCUT2D eigenvalue weighted by atomic mass is 9.93. The number of rotatable bonds is 14. The minimum absolute atomic E-state index is 0.130. The molecule has 6 rings (SSSR count). The zero-order chi connectivity index (χ0) is 34.9. The van der Waals surface area contributed by atoms with E-state index in [1.165, 1.54) is 42.9 Å². The Morgan fingerprint density at radius 3 is 2.02 bits per heavy atom. The number of carbonyl (C=O) groups is 1. The topological polar surface area (TPSA) is 117 Å². The summed E-state index contributed by atoms with van der Waals surface area (Å²) in [7, 11) is 0. The Morgan fingerprint density at radius 1 is 0.860 bits per heavy atom. The standard InChI is InChI=1S/C39H41FN4O6/c1-27(45)41-35-37(49-25-30-17-10-5-11-18-30)36(48-24-29-15-8-4-9-16-29)33(26-47-23-28-13-6-3-7-14-28)50-38(35)44-22-34(42-43-44)39(2,46)31-19-12-20-32(40)21-31/h3-22,33,35-38,46H,23-26H2,1-2H3,(H,41,45)/t33-,35+,36+,37-,38?,39+/m1/s1. The molecule has 1 fully saturated rings. The Balaban J connectivity index is 1.35. The molecule has 6 atom stereocenters. The fourth-order valence-corrected chi connectivity index (χ4v) is 6.03. The normalized spacial score (nSPS) is 21.7. The van der Waals surface area contributed by atoms with Crippen LogP contribution >= 0.6 is 0 Å². The van der Waals surface area contributed by atoms with Gasteiger partial charge in [0.2, 0.25) is 5.91 Å². The van der Waals surface area contributed by atoms with Crippen LogP contribution < -0.4 is 5.32 Å². The lowest BCUT2D eigenvalue weighted by Crippen LogP contribution is -2.63. The number of nitrogens with one attached hydrogen (secondary N) is 1. The molecule has 1 unspecified atom stereocenters. The van der Waals surface area contributed by atoms with Gasteiger partial charge in [-0.3, -0.25) is 4.79 Å². The molecule has 1 aliphatic rings. The molecule has 1 amide bonds. The highest BCUT2D eigenvalue weighted by Gasteiger charge is 2.49. The summed E-state index contributed by atoms with van der Waals surface area (Å²) in [6, 6.07) is 34.2. The minimum Gasteiger partial charge on any atom is -0.379 e. The maximum Gasteiger partial charge on any atom is 0.217 e. The van der Waals surface area contributed by atoms with Crippen LogP contribution in [-0.4, -0.2) is 57.0 Å². The second-order valence-electron chi connectivity index (χ2n) is 12.5. The number of aliphatic hydroxyl groups is 1. The first-order chi connectivity index (χ1) is 24.3. The third-order valence-electron chi connectivity index (χ3n) is 8.66. The largest absolute Gasteiger partial charge is 0.379 e. The Morgan fingerprint density at radius 2 is 1.44 bits per heavy atom. The number of hydrogen-bond acceptors (Lipinski definition) is 8. The van der Waals surface area contributed by atoms with Crippen LogP contribution in [0.5, 0.6) is 0 Å². The number of halogens is 1. The smallest absolute Gasteiger partial charge is 0.217 e. The maximum absolute atomic E-state index is 14.1. The molecular formula is C39H41FN4O6. The van der Waals surface area contributed by atoms with E-state index in [0.717, 1.165) is 16.7 Å². The van der Waals surface area contributed by atoms with Crippen LogP contribution in [0.1, 0.15) is 48.0 Å². The van der Waals surface area contributed by atoms with Gasteiger partial charge in [-0.1, -0.05) is 108 Å². The van der Waals surface area contributed by atoms with Crippen molar-refractivity contribution in [3.63, 3.8) is 0 Å². The van der Waals surface area contributed by atoms with E-state index in [1.54, 1.807) is 6.07 Å². The Bertz CT molecular complexity index is 1810. The van der Waals surface area contributed by atoms with Gasteiger partial charge in [-0.15, -0.1) is 5.10 Å². The molecule has 0 aliphatic carbocycles. The highest BCUT2D eigenvalue weighted by Crippen LogP contribution is 2.35. The van der Waals surface area contributed by atoms with E-state index >= 15 is 0 Å². The van der Waals surface area contributed by atoms with E-state index < -0.39 is 42.0 Å². The summed E-state index contributed by atoms with van der Waals surface area (Å²) in [5.41, 5.74) is 1.67. The van der Waals surface area contributed by atoms with Gasteiger partial charge in [0.1, 0.15) is 41.5 Å². The van der Waals surface area contributed by atoms with Crippen LogP contribution in [0.3, 0.4) is 0 Å². The summed E-state index contributed by atoms with van der Waals surface area (Å²) in [4.78, 5) is 12.8. The fraction of sp³-hybridized carbons (Fsp3) is 0.308. The second-order valence-corrected chi connectivity index (χ2v) is 12.5. The molecular weight excluding hydrogens is 639 g/mol. The molecule has 0 saturated carbocycles. The van der Waals surface area contributed by atoms with Gasteiger partial charge in [0.05, 0.1) is 32.6 Å². The number of carbonyl (C=O) groups excluding carboxylic acids is 1. The van der Waals surface area contributed by atoms with Gasteiger partial charge >= 0.3 is 0 Å². The number of nitrogens with zero attached hydrogens (tertiary/aromatic N) is 3. The molecule has 4 aromatic carbocycles. The monoisotopic (exact) mass is 680 g/mol. The molecule has 1 aromatic heterocycles. The van der Waals surface area contributed by atoms with Gasteiger partial charge in [0.25, 0.3) is 0 Å². The van der Waals surface area contributed by atoms with E-state index in [2.05, 4.69) is 15.6 Å². The van der Waals surface area contributed by atoms with Crippen LogP contribution in [0.15, 0.2) is 121 Å².